The molecular formula is C32H62N6O19. The Morgan fingerprint density at radius 1 is 0.684 bits per heavy atom. The van der Waals surface area contributed by atoms with Crippen molar-refractivity contribution in [1.29, 1.82) is 10.8 Å². The van der Waals surface area contributed by atoms with Crippen LogP contribution in [0.5, 0.6) is 0 Å². The van der Waals surface area contributed by atoms with Crippen molar-refractivity contribution in [2.24, 2.45) is 0 Å². The highest BCUT2D eigenvalue weighted by Crippen LogP contribution is 2.24. The van der Waals surface area contributed by atoms with E-state index in [4.69, 9.17) is 54.9 Å². The van der Waals surface area contributed by atoms with Gasteiger partial charge in [-0.25, -0.2) is 0 Å². The lowest BCUT2D eigenvalue weighted by atomic mass is 9.97. The number of carbonyl (C=O) groups is 2. The summed E-state index contributed by atoms with van der Waals surface area (Å²) in [6.45, 7) is 3.54. The fourth-order valence-electron chi connectivity index (χ4n) is 5.13. The minimum atomic E-state index is -2.12. The van der Waals surface area contributed by atoms with Crippen molar-refractivity contribution in [3.63, 3.8) is 0 Å². The van der Waals surface area contributed by atoms with Crippen molar-refractivity contribution in [1.82, 2.24) is 21.3 Å². The second-order valence-corrected chi connectivity index (χ2v) is 13.6. The molecule has 0 saturated carbocycles. The molecule has 0 aliphatic carbocycles. The maximum Gasteiger partial charge on any atom is 0.294 e. The first kappa shape index (κ1) is 52.5. The highest BCUT2D eigenvalue weighted by atomic mass is 16.7. The minimum Gasteiger partial charge on any atom is -0.447 e. The van der Waals surface area contributed by atoms with Gasteiger partial charge in [-0.15, -0.1) is 0 Å². The molecule has 14 atom stereocenters. The van der Waals surface area contributed by atoms with E-state index in [0.29, 0.717) is 37.4 Å². The second-order valence-electron chi connectivity index (χ2n) is 13.6. The van der Waals surface area contributed by atoms with Gasteiger partial charge in [0, 0.05) is 37.6 Å². The fourth-order valence-corrected chi connectivity index (χ4v) is 5.13. The maximum absolute atomic E-state index is 10.5. The molecule has 3 heterocycles. The first-order valence-corrected chi connectivity index (χ1v) is 18.0. The molecule has 0 aromatic carbocycles. The normalized spacial score (nSPS) is 34.9. The standard InChI is InChI=1S/2C13H25N3O7.C6H12O5/c2*1-8(14)2-3-15-4-10(22-7-17)16-6-13(21)12(20)11(19)9(18)5-23-13;7-1-4-6(10)5(9)3(8)2-11-4/h2*7,9-12,14-16,18-21H,2-6H2,1H3;3-10H,1-2H2/t2*9-,10?,11+,12?,13-;3-,4?,5?,6-/m111/s1. The summed E-state index contributed by atoms with van der Waals surface area (Å²) in [6.07, 6.45) is -13.9. The van der Waals surface area contributed by atoms with Crippen LogP contribution in [0.1, 0.15) is 26.7 Å². The summed E-state index contributed by atoms with van der Waals surface area (Å²) >= 11 is 0. The molecule has 3 aliphatic heterocycles. The lowest BCUT2D eigenvalue weighted by Crippen LogP contribution is -2.65. The predicted octanol–water partition coefficient (Wildman–Crippen LogP) is -8.75. The van der Waals surface area contributed by atoms with Gasteiger partial charge in [0.25, 0.3) is 12.9 Å². The van der Waals surface area contributed by atoms with Crippen LogP contribution >= 0.6 is 0 Å². The van der Waals surface area contributed by atoms with E-state index in [1.54, 1.807) is 13.8 Å². The number of rotatable bonds is 21. The predicted molar refractivity (Wildman–Crippen MR) is 192 cm³/mol. The molecule has 0 aromatic rings. The van der Waals surface area contributed by atoms with Crippen molar-refractivity contribution in [2.75, 3.05) is 65.7 Å². The van der Waals surface area contributed by atoms with Gasteiger partial charge in [0.05, 0.1) is 39.5 Å². The van der Waals surface area contributed by atoms with Crippen LogP contribution < -0.4 is 21.3 Å². The number of nitrogens with one attached hydrogen (secondary N) is 6. The molecule has 0 bridgehead atoms. The van der Waals surface area contributed by atoms with Crippen LogP contribution in [0.4, 0.5) is 0 Å². The largest absolute Gasteiger partial charge is 0.447 e. The van der Waals surface area contributed by atoms with E-state index in [2.05, 4.69) is 21.3 Å². The topological polar surface area (TPSA) is 419 Å². The Morgan fingerprint density at radius 2 is 1.07 bits per heavy atom. The molecule has 25 heteroatoms. The molecule has 3 rings (SSSR count). The molecule has 6 unspecified atom stereocenters. The van der Waals surface area contributed by atoms with Crippen LogP contribution in [0.2, 0.25) is 0 Å². The van der Waals surface area contributed by atoms with Gasteiger partial charge in [-0.1, -0.05) is 0 Å². The Balaban J connectivity index is 0.000000454. The van der Waals surface area contributed by atoms with E-state index in [1.165, 1.54) is 0 Å². The third-order valence-electron chi connectivity index (χ3n) is 8.77. The van der Waals surface area contributed by atoms with E-state index in [1.807, 2.05) is 0 Å². The average Bonchev–Trinajstić information content (AvgIpc) is 3.17. The van der Waals surface area contributed by atoms with E-state index < -0.39 is 85.1 Å². The number of carbonyl (C=O) groups excluding carboxylic acids is 2. The Labute approximate surface area is 328 Å². The van der Waals surface area contributed by atoms with Crippen LogP contribution in [-0.4, -0.2) is 236 Å². The maximum atomic E-state index is 10.5. The second kappa shape index (κ2) is 26.6. The summed E-state index contributed by atoms with van der Waals surface area (Å²) < 4.78 is 24.4. The quantitative estimate of drug-likeness (QED) is 0.0221. The third-order valence-corrected chi connectivity index (χ3v) is 8.77. The number of hydrogen-bond acceptors (Lipinski definition) is 25. The molecule has 0 spiro atoms. The average molecular weight is 835 g/mol. The van der Waals surface area contributed by atoms with Gasteiger partial charge < -0.3 is 106 Å². The molecule has 0 amide bonds. The smallest absolute Gasteiger partial charge is 0.294 e. The van der Waals surface area contributed by atoms with Gasteiger partial charge in [-0.3, -0.25) is 20.2 Å². The van der Waals surface area contributed by atoms with E-state index in [9.17, 15) is 50.4 Å². The monoisotopic (exact) mass is 834 g/mol. The molecule has 3 aliphatic rings. The zero-order valence-electron chi connectivity index (χ0n) is 31.8. The summed E-state index contributed by atoms with van der Waals surface area (Å²) in [4.78, 5) is 21.0. The molecule has 0 aromatic heterocycles. The Hall–Kier alpha value is -2.48. The molecule has 57 heavy (non-hydrogen) atoms. The Morgan fingerprint density at radius 3 is 1.42 bits per heavy atom. The summed E-state index contributed by atoms with van der Waals surface area (Å²) in [5.74, 6) is -4.23. The van der Waals surface area contributed by atoms with Crippen LogP contribution in [0.3, 0.4) is 0 Å². The van der Waals surface area contributed by atoms with E-state index in [-0.39, 0.29) is 65.6 Å². The molecule has 0 radical (unpaired) electrons. The number of aliphatic hydroxyl groups is 12. The van der Waals surface area contributed by atoms with Gasteiger partial charge in [-0.2, -0.15) is 0 Å². The van der Waals surface area contributed by atoms with Crippen molar-refractivity contribution in [3.05, 3.63) is 0 Å². The lowest BCUT2D eigenvalue weighted by Gasteiger charge is -2.42. The number of aliphatic hydroxyl groups excluding tert-OH is 10. The first-order chi connectivity index (χ1) is 26.8. The van der Waals surface area contributed by atoms with Gasteiger partial charge in [0.2, 0.25) is 11.6 Å². The summed E-state index contributed by atoms with van der Waals surface area (Å²) in [5, 5.41) is 140. The minimum absolute atomic E-state index is 0.0521. The number of hydrogen-bond donors (Lipinski definition) is 18. The highest BCUT2D eigenvalue weighted by molar-refractivity contribution is 5.78. The SMILES string of the molecule is CC(=N)CCNCC(NC[C@@]1(O)OC[C@@H](O)[C@H](O)C1O)OC=O.CC(=N)CCNCC(NC[C@@]1(O)OC[C@@H](O)[C@H](O)C1O)OC=O.OCC1OC[C@@H](O)C(O)[C@@H]1O. The first-order valence-electron chi connectivity index (χ1n) is 18.0. The van der Waals surface area contributed by atoms with Gasteiger partial charge in [0.1, 0.15) is 61.0 Å². The Kier molecular flexibility index (Phi) is 24.5. The summed E-state index contributed by atoms with van der Waals surface area (Å²) in [7, 11) is 0. The molecular weight excluding hydrogens is 772 g/mol. The molecule has 3 fully saturated rings. The Bertz CT molecular complexity index is 1110. The highest BCUT2D eigenvalue weighted by Gasteiger charge is 2.49. The summed E-state index contributed by atoms with van der Waals surface area (Å²) in [5.41, 5.74) is 1.03. The third kappa shape index (κ3) is 18.1. The zero-order chi connectivity index (χ0) is 43.3. The van der Waals surface area contributed by atoms with Crippen LogP contribution in [-0.2, 0) is 33.3 Å². The molecule has 18 N–H and O–H groups in total. The summed E-state index contributed by atoms with van der Waals surface area (Å²) in [6, 6.07) is 0. The van der Waals surface area contributed by atoms with Gasteiger partial charge in [-0.05, 0) is 26.7 Å². The van der Waals surface area contributed by atoms with E-state index in [0.717, 1.165) is 0 Å². The van der Waals surface area contributed by atoms with E-state index >= 15 is 0 Å². The lowest BCUT2D eigenvalue weighted by molar-refractivity contribution is -0.319. The van der Waals surface area contributed by atoms with Crippen molar-refractivity contribution < 1.29 is 94.6 Å². The van der Waals surface area contributed by atoms with Gasteiger partial charge >= 0.3 is 0 Å². The van der Waals surface area contributed by atoms with Crippen molar-refractivity contribution in [2.45, 2.75) is 112 Å². The fraction of sp³-hybridized carbons (Fsp3) is 0.875. The molecule has 25 nitrogen and oxygen atoms in total. The van der Waals surface area contributed by atoms with Crippen LogP contribution in [0, 0.1) is 10.8 Å². The number of ether oxygens (including phenoxy) is 5. The van der Waals surface area contributed by atoms with Crippen LogP contribution in [0.25, 0.3) is 0 Å². The molecule has 3 saturated heterocycles. The van der Waals surface area contributed by atoms with Crippen LogP contribution in [0.15, 0.2) is 0 Å². The zero-order valence-corrected chi connectivity index (χ0v) is 31.8. The van der Waals surface area contributed by atoms with Crippen molar-refractivity contribution in [3.8, 4) is 0 Å². The van der Waals surface area contributed by atoms with Crippen molar-refractivity contribution >= 4 is 24.4 Å². The molecule has 334 valence electrons. The van der Waals surface area contributed by atoms with Gasteiger partial charge in [0.15, 0.2) is 12.5 Å².